The minimum atomic E-state index is -1.03. The summed E-state index contributed by atoms with van der Waals surface area (Å²) in [6, 6.07) is 0. The summed E-state index contributed by atoms with van der Waals surface area (Å²) in [7, 11) is 2.57. The van der Waals surface area contributed by atoms with E-state index in [-0.39, 0.29) is 31.4 Å². The van der Waals surface area contributed by atoms with E-state index < -0.39 is 34.9 Å². The number of allylic oxidation sites excluding steroid dienone is 1. The van der Waals surface area contributed by atoms with Crippen LogP contribution in [0.2, 0.25) is 0 Å². The van der Waals surface area contributed by atoms with Gasteiger partial charge in [-0.1, -0.05) is 0 Å². The monoisotopic (exact) mass is 449 g/mol. The number of nitrogens with one attached hydrogen (secondary N) is 1. The number of ether oxygens (including phenoxy) is 4. The van der Waals surface area contributed by atoms with Gasteiger partial charge in [0.15, 0.2) is 0 Å². The van der Waals surface area contributed by atoms with E-state index >= 15 is 0 Å². The normalized spacial score (nSPS) is 19.6. The van der Waals surface area contributed by atoms with Crippen molar-refractivity contribution in [3.63, 3.8) is 0 Å². The fourth-order valence-corrected chi connectivity index (χ4v) is 3.45. The van der Waals surface area contributed by atoms with E-state index in [4.69, 9.17) is 14.2 Å². The first-order valence-electron chi connectivity index (χ1n) is 10.3. The lowest BCUT2D eigenvalue weighted by Gasteiger charge is -2.19. The van der Waals surface area contributed by atoms with Crippen LogP contribution in [-0.2, 0) is 39.8 Å². The number of aromatic amines is 1. The lowest BCUT2D eigenvalue weighted by Crippen LogP contribution is -2.26. The van der Waals surface area contributed by atoms with Gasteiger partial charge in [0.25, 0.3) is 0 Å². The number of aromatic nitrogens is 1. The van der Waals surface area contributed by atoms with Crippen molar-refractivity contribution < 1.29 is 38.1 Å². The number of cyclic esters (lactones) is 1. The van der Waals surface area contributed by atoms with E-state index in [1.807, 2.05) is 0 Å². The maximum atomic E-state index is 12.8. The van der Waals surface area contributed by atoms with Gasteiger partial charge in [-0.2, -0.15) is 0 Å². The maximum Gasteiger partial charge on any atom is 0.355 e. The zero-order valence-electron chi connectivity index (χ0n) is 19.7. The number of methoxy groups -OCH3 is 2. The van der Waals surface area contributed by atoms with E-state index in [0.29, 0.717) is 17.0 Å². The molecule has 0 aliphatic carbocycles. The number of H-pyrrole nitrogens is 1. The van der Waals surface area contributed by atoms with Crippen molar-refractivity contribution in [2.45, 2.75) is 65.9 Å². The van der Waals surface area contributed by atoms with Gasteiger partial charge in [0.05, 0.1) is 26.1 Å². The van der Waals surface area contributed by atoms with Crippen molar-refractivity contribution in [3.05, 3.63) is 28.3 Å². The van der Waals surface area contributed by atoms with E-state index in [2.05, 4.69) is 9.72 Å². The van der Waals surface area contributed by atoms with Crippen LogP contribution in [0.1, 0.15) is 74.3 Å². The van der Waals surface area contributed by atoms with Gasteiger partial charge in [0, 0.05) is 24.6 Å². The molecule has 1 aliphatic heterocycles. The molecule has 0 radical (unpaired) electrons. The molecular formula is C23H31NO8. The first-order chi connectivity index (χ1) is 14.8. The standard InChI is InChI=1S/C23H31NO8/c1-13-15(8-9-17(25)29-6)19(20(27)32-22(2,3)4)24-16(13)10-14-11-23(5,21(28)31-14)12-18(26)30-7/h10,24H,8-9,11-12H2,1-7H3/b14-10-/t23-/m1/s1. The van der Waals surface area contributed by atoms with E-state index in [1.54, 1.807) is 40.7 Å². The second-order valence-corrected chi connectivity index (χ2v) is 9.09. The molecule has 0 saturated carbocycles. The predicted molar refractivity (Wildman–Crippen MR) is 114 cm³/mol. The van der Waals surface area contributed by atoms with Crippen LogP contribution < -0.4 is 0 Å². The SMILES string of the molecule is COC(=O)CCc1c(C(=O)OC(C)(C)C)[nH]c(/C=C2/C[C@](C)(CC(=O)OC)C(=O)O2)c1C. The summed E-state index contributed by atoms with van der Waals surface area (Å²) in [6.07, 6.45) is 2.10. The summed E-state index contributed by atoms with van der Waals surface area (Å²) in [4.78, 5) is 51.5. The lowest BCUT2D eigenvalue weighted by atomic mass is 9.84. The Bertz CT molecular complexity index is 950. The van der Waals surface area contributed by atoms with Gasteiger partial charge >= 0.3 is 23.9 Å². The van der Waals surface area contributed by atoms with Crippen molar-refractivity contribution in [2.75, 3.05) is 14.2 Å². The minimum absolute atomic E-state index is 0.0905. The Morgan fingerprint density at radius 1 is 1.16 bits per heavy atom. The average molecular weight is 450 g/mol. The summed E-state index contributed by atoms with van der Waals surface area (Å²) in [5, 5.41) is 0. The zero-order valence-corrected chi connectivity index (χ0v) is 19.7. The Kier molecular flexibility index (Phi) is 7.54. The molecule has 32 heavy (non-hydrogen) atoms. The molecule has 1 aliphatic rings. The Hall–Kier alpha value is -3.10. The number of rotatable bonds is 7. The highest BCUT2D eigenvalue weighted by atomic mass is 16.6. The van der Waals surface area contributed by atoms with Gasteiger partial charge in [0.1, 0.15) is 17.1 Å². The molecular weight excluding hydrogens is 418 g/mol. The quantitative estimate of drug-likeness (QED) is 0.497. The summed E-state index contributed by atoms with van der Waals surface area (Å²) in [6.45, 7) is 8.73. The molecule has 1 saturated heterocycles. The first kappa shape index (κ1) is 25.2. The topological polar surface area (TPSA) is 121 Å². The molecule has 0 aromatic carbocycles. The second-order valence-electron chi connectivity index (χ2n) is 9.09. The van der Waals surface area contributed by atoms with Crippen molar-refractivity contribution >= 4 is 30.0 Å². The second kappa shape index (κ2) is 9.58. The Morgan fingerprint density at radius 3 is 2.34 bits per heavy atom. The van der Waals surface area contributed by atoms with E-state index in [0.717, 1.165) is 5.56 Å². The summed E-state index contributed by atoms with van der Waals surface area (Å²) >= 11 is 0. The molecule has 9 heteroatoms. The van der Waals surface area contributed by atoms with Gasteiger partial charge in [-0.05, 0) is 52.2 Å². The van der Waals surface area contributed by atoms with Crippen LogP contribution in [-0.4, -0.2) is 48.7 Å². The lowest BCUT2D eigenvalue weighted by molar-refractivity contribution is -0.152. The van der Waals surface area contributed by atoms with Crippen molar-refractivity contribution in [1.82, 2.24) is 4.98 Å². The van der Waals surface area contributed by atoms with Crippen LogP contribution in [0.3, 0.4) is 0 Å². The molecule has 9 nitrogen and oxygen atoms in total. The van der Waals surface area contributed by atoms with Gasteiger partial charge < -0.3 is 23.9 Å². The van der Waals surface area contributed by atoms with Crippen molar-refractivity contribution in [1.29, 1.82) is 0 Å². The highest BCUT2D eigenvalue weighted by Gasteiger charge is 2.45. The Morgan fingerprint density at radius 2 is 1.78 bits per heavy atom. The minimum Gasteiger partial charge on any atom is -0.469 e. The first-order valence-corrected chi connectivity index (χ1v) is 10.3. The third-order valence-corrected chi connectivity index (χ3v) is 5.18. The van der Waals surface area contributed by atoms with Gasteiger partial charge in [0.2, 0.25) is 0 Å². The summed E-state index contributed by atoms with van der Waals surface area (Å²) in [5.74, 6) is -1.61. The number of hydrogen-bond donors (Lipinski definition) is 1. The fourth-order valence-electron chi connectivity index (χ4n) is 3.45. The fraction of sp³-hybridized carbons (Fsp3) is 0.565. The Balaban J connectivity index is 2.39. The predicted octanol–water partition coefficient (Wildman–Crippen LogP) is 3.24. The smallest absolute Gasteiger partial charge is 0.355 e. The van der Waals surface area contributed by atoms with E-state index in [9.17, 15) is 19.2 Å². The molecule has 0 bridgehead atoms. The number of carbonyl (C=O) groups excluding carboxylic acids is 4. The molecule has 2 heterocycles. The number of hydrogen-bond acceptors (Lipinski definition) is 8. The van der Waals surface area contributed by atoms with Gasteiger partial charge in [-0.15, -0.1) is 0 Å². The van der Waals surface area contributed by atoms with Crippen molar-refractivity contribution in [3.8, 4) is 0 Å². The maximum absolute atomic E-state index is 12.8. The molecule has 0 amide bonds. The van der Waals surface area contributed by atoms with E-state index in [1.165, 1.54) is 14.2 Å². The van der Waals surface area contributed by atoms with Gasteiger partial charge in [-0.25, -0.2) is 4.79 Å². The molecule has 1 aromatic heterocycles. The molecule has 1 aromatic rings. The molecule has 1 fully saturated rings. The summed E-state index contributed by atoms with van der Waals surface area (Å²) in [5.41, 5.74) is 0.398. The van der Waals surface area contributed by atoms with Crippen LogP contribution >= 0.6 is 0 Å². The molecule has 176 valence electrons. The van der Waals surface area contributed by atoms with Gasteiger partial charge in [-0.3, -0.25) is 14.4 Å². The average Bonchev–Trinajstić information content (AvgIpc) is 3.14. The molecule has 0 unspecified atom stereocenters. The largest absolute Gasteiger partial charge is 0.469 e. The zero-order chi connectivity index (χ0) is 24.3. The molecule has 1 atom stereocenters. The third-order valence-electron chi connectivity index (χ3n) is 5.18. The van der Waals surface area contributed by atoms with Crippen LogP contribution in [0.25, 0.3) is 6.08 Å². The highest BCUT2D eigenvalue weighted by Crippen LogP contribution is 2.40. The third kappa shape index (κ3) is 5.99. The van der Waals surface area contributed by atoms with Crippen molar-refractivity contribution in [2.24, 2.45) is 5.41 Å². The highest BCUT2D eigenvalue weighted by molar-refractivity contribution is 5.91. The number of esters is 4. The van der Waals surface area contributed by atoms with Crippen LogP contribution in [0.5, 0.6) is 0 Å². The summed E-state index contributed by atoms with van der Waals surface area (Å²) < 4.78 is 20.3. The number of carbonyl (C=O) groups is 4. The van der Waals surface area contributed by atoms with Crippen LogP contribution in [0, 0.1) is 12.3 Å². The molecule has 0 spiro atoms. The molecule has 1 N–H and O–H groups in total. The molecule has 2 rings (SSSR count). The Labute approximate surface area is 187 Å². The van der Waals surface area contributed by atoms with Crippen LogP contribution in [0.15, 0.2) is 5.76 Å². The van der Waals surface area contributed by atoms with Crippen LogP contribution in [0.4, 0.5) is 0 Å².